The number of aromatic nitrogens is 2. The van der Waals surface area contributed by atoms with Crippen molar-refractivity contribution >= 4 is 11.9 Å². The molecule has 0 saturated carbocycles. The van der Waals surface area contributed by atoms with Crippen LogP contribution in [0.5, 0.6) is 5.75 Å². The van der Waals surface area contributed by atoms with E-state index in [1.807, 2.05) is 31.2 Å². The lowest BCUT2D eigenvalue weighted by molar-refractivity contribution is 0.0956. The Labute approximate surface area is 136 Å². The summed E-state index contributed by atoms with van der Waals surface area (Å²) in [4.78, 5) is 20.4. The van der Waals surface area contributed by atoms with Crippen LogP contribution in [0.2, 0.25) is 0 Å². The number of hydrogen-bond acceptors (Lipinski definition) is 5. The number of hydrogen-bond donors (Lipinski definition) is 2. The number of carbonyl (C=O) groups excluding carboxylic acids is 1. The summed E-state index contributed by atoms with van der Waals surface area (Å²) >= 11 is 0. The summed E-state index contributed by atoms with van der Waals surface area (Å²) in [6.07, 6.45) is 0.539. The van der Waals surface area contributed by atoms with E-state index in [1.165, 1.54) is 5.56 Å². The normalized spacial score (nSPS) is 11.8. The first-order chi connectivity index (χ1) is 11.0. The quantitative estimate of drug-likeness (QED) is 0.884. The molecule has 0 radical (unpaired) electrons. The van der Waals surface area contributed by atoms with Crippen molar-refractivity contribution in [2.75, 3.05) is 12.8 Å². The number of anilines is 1. The lowest BCUT2D eigenvalue weighted by Gasteiger charge is -2.18. The summed E-state index contributed by atoms with van der Waals surface area (Å²) < 4.78 is 5.92. The number of amides is 1. The molecule has 6 heteroatoms. The highest BCUT2D eigenvalue weighted by atomic mass is 16.5. The smallest absolute Gasteiger partial charge is 0.254 e. The van der Waals surface area contributed by atoms with E-state index in [0.29, 0.717) is 22.7 Å². The van der Waals surface area contributed by atoms with E-state index < -0.39 is 6.10 Å². The number of nitrogen functional groups attached to an aromatic ring is 1. The molecule has 122 valence electrons. The van der Waals surface area contributed by atoms with E-state index in [-0.39, 0.29) is 11.9 Å². The summed E-state index contributed by atoms with van der Waals surface area (Å²) in [6.45, 7) is 5.66. The minimum absolute atomic E-state index is 0.127. The highest BCUT2D eigenvalue weighted by Crippen LogP contribution is 2.25. The first kappa shape index (κ1) is 16.7. The Balaban J connectivity index is 2.33. The van der Waals surface area contributed by atoms with Crippen molar-refractivity contribution in [3.05, 3.63) is 46.8 Å². The van der Waals surface area contributed by atoms with Crippen molar-refractivity contribution in [1.82, 2.24) is 15.3 Å². The van der Waals surface area contributed by atoms with Gasteiger partial charge in [0.2, 0.25) is 5.95 Å². The van der Waals surface area contributed by atoms with Gasteiger partial charge in [0.25, 0.3) is 5.91 Å². The molecule has 1 amide bonds. The van der Waals surface area contributed by atoms with Crippen LogP contribution in [-0.4, -0.2) is 22.9 Å². The SMILES string of the molecule is CCc1ccc(OC(C)c2nc(N)nc(C)c2C(=O)NC)cc1. The van der Waals surface area contributed by atoms with Crippen LogP contribution in [-0.2, 0) is 6.42 Å². The minimum atomic E-state index is -0.432. The molecule has 0 fully saturated rings. The van der Waals surface area contributed by atoms with Gasteiger partial charge < -0.3 is 15.8 Å². The number of nitrogens with two attached hydrogens (primary N) is 1. The molecule has 1 heterocycles. The zero-order chi connectivity index (χ0) is 17.0. The Kier molecular flexibility index (Phi) is 5.16. The molecule has 0 aliphatic carbocycles. The van der Waals surface area contributed by atoms with Crippen molar-refractivity contribution in [1.29, 1.82) is 0 Å². The van der Waals surface area contributed by atoms with E-state index in [0.717, 1.165) is 6.42 Å². The van der Waals surface area contributed by atoms with Crippen LogP contribution in [0.15, 0.2) is 24.3 Å². The van der Waals surface area contributed by atoms with Crippen molar-refractivity contribution in [3.63, 3.8) is 0 Å². The van der Waals surface area contributed by atoms with Crippen molar-refractivity contribution in [3.8, 4) is 5.75 Å². The molecule has 2 aromatic rings. The second-order valence-corrected chi connectivity index (χ2v) is 5.26. The third kappa shape index (κ3) is 3.77. The van der Waals surface area contributed by atoms with Gasteiger partial charge in [-0.1, -0.05) is 19.1 Å². The van der Waals surface area contributed by atoms with Crippen molar-refractivity contribution in [2.24, 2.45) is 0 Å². The van der Waals surface area contributed by atoms with Gasteiger partial charge in [0.05, 0.1) is 17.0 Å². The maximum atomic E-state index is 12.1. The third-order valence-electron chi connectivity index (χ3n) is 3.62. The average Bonchev–Trinajstić information content (AvgIpc) is 2.54. The lowest BCUT2D eigenvalue weighted by atomic mass is 10.1. The predicted octanol–water partition coefficient (Wildman–Crippen LogP) is 2.43. The fourth-order valence-electron chi connectivity index (χ4n) is 2.38. The molecular formula is C17H22N4O2. The van der Waals surface area contributed by atoms with Crippen LogP contribution in [0.25, 0.3) is 0 Å². The number of nitrogens with zero attached hydrogens (tertiary/aromatic N) is 2. The average molecular weight is 314 g/mol. The summed E-state index contributed by atoms with van der Waals surface area (Å²) in [5.41, 5.74) is 8.38. The van der Waals surface area contributed by atoms with Crippen molar-refractivity contribution < 1.29 is 9.53 Å². The second-order valence-electron chi connectivity index (χ2n) is 5.26. The Bertz CT molecular complexity index is 698. The number of nitrogens with one attached hydrogen (secondary N) is 1. The molecule has 3 N–H and O–H groups in total. The monoisotopic (exact) mass is 314 g/mol. The van der Waals surface area contributed by atoms with E-state index in [1.54, 1.807) is 14.0 Å². The number of aryl methyl sites for hydroxylation is 2. The van der Waals surface area contributed by atoms with Crippen LogP contribution in [0.3, 0.4) is 0 Å². The van der Waals surface area contributed by atoms with Gasteiger partial charge in [-0.05, 0) is 38.0 Å². The Morgan fingerprint density at radius 1 is 1.30 bits per heavy atom. The molecule has 1 aromatic heterocycles. The van der Waals surface area contributed by atoms with Gasteiger partial charge in [0.1, 0.15) is 11.9 Å². The fourth-order valence-corrected chi connectivity index (χ4v) is 2.38. The molecule has 1 unspecified atom stereocenters. The first-order valence-corrected chi connectivity index (χ1v) is 7.58. The van der Waals surface area contributed by atoms with Gasteiger partial charge in [0.15, 0.2) is 0 Å². The number of benzene rings is 1. The van der Waals surface area contributed by atoms with E-state index in [4.69, 9.17) is 10.5 Å². The van der Waals surface area contributed by atoms with E-state index in [9.17, 15) is 4.79 Å². The van der Waals surface area contributed by atoms with Crippen LogP contribution in [0, 0.1) is 6.92 Å². The summed E-state index contributed by atoms with van der Waals surface area (Å²) in [5, 5.41) is 2.60. The predicted molar refractivity (Wildman–Crippen MR) is 89.4 cm³/mol. The molecule has 0 aliphatic rings. The Hall–Kier alpha value is -2.63. The van der Waals surface area contributed by atoms with Gasteiger partial charge in [0, 0.05) is 7.05 Å². The standard InChI is InChI=1S/C17H22N4O2/c1-5-12-6-8-13(9-7-12)23-11(3)15-14(16(22)19-4)10(2)20-17(18)21-15/h6-9,11H,5H2,1-4H3,(H,19,22)(H2,18,20,21). The van der Waals surface area contributed by atoms with Crippen LogP contribution in [0.1, 0.15) is 47.3 Å². The molecule has 6 nitrogen and oxygen atoms in total. The topological polar surface area (TPSA) is 90.1 Å². The molecule has 0 aliphatic heterocycles. The third-order valence-corrected chi connectivity index (χ3v) is 3.62. The number of ether oxygens (including phenoxy) is 1. The molecule has 1 aromatic carbocycles. The zero-order valence-electron chi connectivity index (χ0n) is 13.9. The van der Waals surface area contributed by atoms with Crippen LogP contribution in [0.4, 0.5) is 5.95 Å². The molecule has 0 bridgehead atoms. The summed E-state index contributed by atoms with van der Waals surface area (Å²) in [7, 11) is 1.57. The van der Waals surface area contributed by atoms with Gasteiger partial charge in [-0.3, -0.25) is 4.79 Å². The van der Waals surface area contributed by atoms with Gasteiger partial charge in [-0.2, -0.15) is 0 Å². The highest BCUT2D eigenvalue weighted by molar-refractivity contribution is 5.96. The molecular weight excluding hydrogens is 292 g/mol. The van der Waals surface area contributed by atoms with Gasteiger partial charge in [-0.15, -0.1) is 0 Å². The first-order valence-electron chi connectivity index (χ1n) is 7.58. The van der Waals surface area contributed by atoms with Crippen LogP contribution < -0.4 is 15.8 Å². The summed E-state index contributed by atoms with van der Waals surface area (Å²) in [5.74, 6) is 0.587. The molecule has 1 atom stereocenters. The second kappa shape index (κ2) is 7.09. The van der Waals surface area contributed by atoms with Crippen LogP contribution >= 0.6 is 0 Å². The lowest BCUT2D eigenvalue weighted by Crippen LogP contribution is -2.24. The van der Waals surface area contributed by atoms with E-state index in [2.05, 4.69) is 22.2 Å². The molecule has 0 spiro atoms. The van der Waals surface area contributed by atoms with Crippen molar-refractivity contribution in [2.45, 2.75) is 33.3 Å². The maximum Gasteiger partial charge on any atom is 0.254 e. The zero-order valence-corrected chi connectivity index (χ0v) is 13.9. The van der Waals surface area contributed by atoms with E-state index >= 15 is 0 Å². The largest absolute Gasteiger partial charge is 0.484 e. The minimum Gasteiger partial charge on any atom is -0.484 e. The fraction of sp³-hybridized carbons (Fsp3) is 0.353. The summed E-state index contributed by atoms with van der Waals surface area (Å²) in [6, 6.07) is 7.85. The van der Waals surface area contributed by atoms with Gasteiger partial charge >= 0.3 is 0 Å². The number of carbonyl (C=O) groups is 1. The maximum absolute atomic E-state index is 12.1. The Morgan fingerprint density at radius 3 is 2.52 bits per heavy atom. The highest BCUT2D eigenvalue weighted by Gasteiger charge is 2.22. The number of rotatable bonds is 5. The van der Waals surface area contributed by atoms with Gasteiger partial charge in [-0.25, -0.2) is 9.97 Å². The molecule has 23 heavy (non-hydrogen) atoms. The molecule has 0 saturated heterocycles. The Morgan fingerprint density at radius 2 is 1.96 bits per heavy atom. The molecule has 2 rings (SSSR count).